The highest BCUT2D eigenvalue weighted by atomic mass is 15.1. The molecule has 0 saturated carbocycles. The van der Waals surface area contributed by atoms with Gasteiger partial charge < -0.3 is 4.90 Å². The van der Waals surface area contributed by atoms with E-state index in [9.17, 15) is 0 Å². The molecule has 0 unspecified atom stereocenters. The van der Waals surface area contributed by atoms with E-state index in [0.717, 1.165) is 17.1 Å². The molecule has 0 N–H and O–H groups in total. The third kappa shape index (κ3) is 6.77. The number of rotatable bonds is 8. The molecule has 0 spiro atoms. The highest BCUT2D eigenvalue weighted by molar-refractivity contribution is 6.13. The Kier molecular flexibility index (Phi) is 8.95. The van der Waals surface area contributed by atoms with Crippen molar-refractivity contribution in [3.05, 3.63) is 237 Å². The van der Waals surface area contributed by atoms with E-state index in [4.69, 9.17) is 0 Å². The predicted molar refractivity (Wildman–Crippen MR) is 243 cm³/mol. The van der Waals surface area contributed by atoms with Gasteiger partial charge in [-0.3, -0.25) is 0 Å². The summed E-state index contributed by atoms with van der Waals surface area (Å²) in [5, 5.41) is 5.06. The summed E-state index contributed by atoms with van der Waals surface area (Å²) in [6, 6.07) is 85.7. The van der Waals surface area contributed by atoms with Gasteiger partial charge in [0.15, 0.2) is 0 Å². The average Bonchev–Trinajstić information content (AvgIpc) is 3.30. The van der Waals surface area contributed by atoms with Crippen molar-refractivity contribution in [2.24, 2.45) is 0 Å². The van der Waals surface area contributed by atoms with E-state index in [0.29, 0.717) is 0 Å². The first kappa shape index (κ1) is 34.0. The zero-order chi connectivity index (χ0) is 38.0. The molecular weight excluding hydrogens is 687 g/mol. The van der Waals surface area contributed by atoms with Crippen LogP contribution in [0.4, 0.5) is 17.1 Å². The van der Waals surface area contributed by atoms with Crippen LogP contribution in [0.15, 0.2) is 237 Å². The van der Waals surface area contributed by atoms with Crippen LogP contribution >= 0.6 is 0 Å². The second kappa shape index (κ2) is 15.0. The summed E-state index contributed by atoms with van der Waals surface area (Å²) in [4.78, 5) is 2.39. The molecule has 0 radical (unpaired) electrons. The van der Waals surface area contributed by atoms with Gasteiger partial charge in [0.05, 0.1) is 0 Å². The predicted octanol–water partition coefficient (Wildman–Crippen LogP) is 15.8. The molecule has 0 aromatic heterocycles. The van der Waals surface area contributed by atoms with Crippen molar-refractivity contribution in [1.29, 1.82) is 0 Å². The van der Waals surface area contributed by atoms with E-state index in [1.807, 2.05) is 0 Å². The van der Waals surface area contributed by atoms with Gasteiger partial charge in [-0.2, -0.15) is 0 Å². The van der Waals surface area contributed by atoms with Crippen LogP contribution in [0.2, 0.25) is 0 Å². The summed E-state index contributed by atoms with van der Waals surface area (Å²) in [6.45, 7) is 0. The molecule has 0 bridgehead atoms. The van der Waals surface area contributed by atoms with E-state index in [1.165, 1.54) is 77.2 Å². The monoisotopic (exact) mass is 725 g/mol. The Balaban J connectivity index is 1.11. The molecule has 0 aliphatic carbocycles. The lowest BCUT2D eigenvalue weighted by atomic mass is 9.93. The Bertz CT molecular complexity index is 2910. The quantitative estimate of drug-likeness (QED) is 0.141. The maximum Gasteiger partial charge on any atom is 0.0473 e. The molecule has 0 atom stereocenters. The van der Waals surface area contributed by atoms with Crippen molar-refractivity contribution < 1.29 is 0 Å². The topological polar surface area (TPSA) is 3.24 Å². The first-order chi connectivity index (χ1) is 28.2. The van der Waals surface area contributed by atoms with Gasteiger partial charge in [-0.15, -0.1) is 0 Å². The number of anilines is 3. The molecule has 1 nitrogen and oxygen atoms in total. The average molecular weight is 726 g/mol. The highest BCUT2D eigenvalue weighted by Gasteiger charge is 2.17. The molecule has 0 saturated heterocycles. The van der Waals surface area contributed by atoms with Crippen LogP contribution in [0, 0.1) is 0 Å². The largest absolute Gasteiger partial charge is 0.310 e. The lowest BCUT2D eigenvalue weighted by Gasteiger charge is -2.27. The number of benzene rings is 10. The van der Waals surface area contributed by atoms with E-state index in [-0.39, 0.29) is 0 Å². The zero-order valence-corrected chi connectivity index (χ0v) is 31.5. The Morgan fingerprint density at radius 1 is 0.211 bits per heavy atom. The molecule has 0 heterocycles. The zero-order valence-electron chi connectivity index (χ0n) is 31.5. The third-order valence-electron chi connectivity index (χ3n) is 11.0. The van der Waals surface area contributed by atoms with Crippen LogP contribution in [-0.2, 0) is 0 Å². The number of nitrogens with zero attached hydrogens (tertiary/aromatic N) is 1. The third-order valence-corrected chi connectivity index (χ3v) is 11.0. The van der Waals surface area contributed by atoms with Crippen LogP contribution in [0.3, 0.4) is 0 Å². The first-order valence-electron chi connectivity index (χ1n) is 19.6. The molecule has 10 aromatic rings. The molecular formula is C56H39N. The summed E-state index contributed by atoms with van der Waals surface area (Å²) >= 11 is 0. The minimum absolute atomic E-state index is 1.09. The number of hydrogen-bond donors (Lipinski definition) is 0. The number of hydrogen-bond acceptors (Lipinski definition) is 1. The van der Waals surface area contributed by atoms with Crippen LogP contribution in [0.1, 0.15) is 0 Å². The Morgan fingerprint density at radius 3 is 1.18 bits per heavy atom. The van der Waals surface area contributed by atoms with Gasteiger partial charge in [0, 0.05) is 17.1 Å². The van der Waals surface area contributed by atoms with Gasteiger partial charge in [0.25, 0.3) is 0 Å². The van der Waals surface area contributed by atoms with Crippen LogP contribution in [0.5, 0.6) is 0 Å². The fraction of sp³-hybridized carbons (Fsp3) is 0. The Hall–Kier alpha value is -7.48. The summed E-state index contributed by atoms with van der Waals surface area (Å²) in [5.41, 5.74) is 15.2. The van der Waals surface area contributed by atoms with Gasteiger partial charge in [-0.05, 0) is 132 Å². The molecule has 10 rings (SSSR count). The van der Waals surface area contributed by atoms with Gasteiger partial charge in [-0.25, -0.2) is 0 Å². The molecule has 0 amide bonds. The molecule has 268 valence electrons. The molecule has 0 aliphatic rings. The molecule has 0 fully saturated rings. The van der Waals surface area contributed by atoms with E-state index in [2.05, 4.69) is 241 Å². The van der Waals surface area contributed by atoms with E-state index in [1.54, 1.807) is 0 Å². The molecule has 57 heavy (non-hydrogen) atoms. The smallest absolute Gasteiger partial charge is 0.0473 e. The molecule has 10 aromatic carbocycles. The SMILES string of the molecule is c1ccc(-c2cccc(-c3ccc(N(c4ccc(-c5cc6ccccc6c6ccccc56)cc4)c4cc(-c5ccccc5)cc(-c5ccccc5)c4)cc3)c2)cc1. The fourth-order valence-corrected chi connectivity index (χ4v) is 8.18. The van der Waals surface area contributed by atoms with Crippen LogP contribution in [0.25, 0.3) is 77.2 Å². The van der Waals surface area contributed by atoms with Crippen molar-refractivity contribution in [1.82, 2.24) is 0 Å². The van der Waals surface area contributed by atoms with Gasteiger partial charge in [-0.1, -0.05) is 182 Å². The summed E-state index contributed by atoms with van der Waals surface area (Å²) < 4.78 is 0. The summed E-state index contributed by atoms with van der Waals surface area (Å²) in [6.07, 6.45) is 0. The minimum Gasteiger partial charge on any atom is -0.310 e. The lowest BCUT2D eigenvalue weighted by Crippen LogP contribution is -2.10. The van der Waals surface area contributed by atoms with Gasteiger partial charge >= 0.3 is 0 Å². The minimum atomic E-state index is 1.09. The number of fused-ring (bicyclic) bond motifs is 3. The maximum atomic E-state index is 2.39. The normalized spacial score (nSPS) is 11.2. The van der Waals surface area contributed by atoms with Gasteiger partial charge in [0.2, 0.25) is 0 Å². The second-order valence-electron chi connectivity index (χ2n) is 14.6. The first-order valence-corrected chi connectivity index (χ1v) is 19.6. The van der Waals surface area contributed by atoms with Crippen molar-refractivity contribution in [2.75, 3.05) is 4.90 Å². The van der Waals surface area contributed by atoms with Crippen LogP contribution in [-0.4, -0.2) is 0 Å². The van der Waals surface area contributed by atoms with Gasteiger partial charge in [0.1, 0.15) is 0 Å². The van der Waals surface area contributed by atoms with Crippen LogP contribution < -0.4 is 4.90 Å². The molecule has 0 aliphatic heterocycles. The summed E-state index contributed by atoms with van der Waals surface area (Å²) in [5.74, 6) is 0. The maximum absolute atomic E-state index is 2.39. The second-order valence-corrected chi connectivity index (χ2v) is 14.6. The standard InChI is InChI=1S/C56H39N/c1-4-15-40(16-5-1)45-22-14-23-46(35-45)43-27-31-50(32-28-43)57(52-37-48(41-17-6-2-7-18-41)36-49(38-52)42-19-8-3-9-20-42)51-33-29-44(30-34-51)56-39-47-21-10-11-24-53(47)54-25-12-13-26-55(54)56/h1-39H. The van der Waals surface area contributed by atoms with Crippen molar-refractivity contribution in [3.63, 3.8) is 0 Å². The van der Waals surface area contributed by atoms with Crippen molar-refractivity contribution in [2.45, 2.75) is 0 Å². The van der Waals surface area contributed by atoms with E-state index >= 15 is 0 Å². The summed E-state index contributed by atoms with van der Waals surface area (Å²) in [7, 11) is 0. The lowest BCUT2D eigenvalue weighted by molar-refractivity contribution is 1.28. The van der Waals surface area contributed by atoms with Crippen molar-refractivity contribution in [3.8, 4) is 55.6 Å². The molecule has 1 heteroatoms. The Labute approximate surface area is 334 Å². The fourth-order valence-electron chi connectivity index (χ4n) is 8.18. The Morgan fingerprint density at radius 2 is 0.614 bits per heavy atom. The highest BCUT2D eigenvalue weighted by Crippen LogP contribution is 2.42. The van der Waals surface area contributed by atoms with Crippen molar-refractivity contribution >= 4 is 38.6 Å². The van der Waals surface area contributed by atoms with E-state index < -0.39 is 0 Å².